The lowest BCUT2D eigenvalue weighted by molar-refractivity contribution is 0.0247. The van der Waals surface area contributed by atoms with Gasteiger partial charge in [-0.1, -0.05) is 25.7 Å². The average Bonchev–Trinajstić information content (AvgIpc) is 2.72. The number of aromatic carboxylic acids is 1. The minimum absolute atomic E-state index is 0.181. The van der Waals surface area contributed by atoms with Crippen molar-refractivity contribution in [2.75, 3.05) is 6.54 Å². The van der Waals surface area contributed by atoms with E-state index in [9.17, 15) is 9.90 Å². The SMILES string of the molecule is O=C(O)c1ccoc1CNCC1(O)CCCCCC1. The smallest absolute Gasteiger partial charge is 0.339 e. The van der Waals surface area contributed by atoms with Crippen LogP contribution in [-0.4, -0.2) is 28.3 Å². The fraction of sp³-hybridized carbons (Fsp3) is 0.643. The lowest BCUT2D eigenvalue weighted by Gasteiger charge is -2.26. The molecule has 0 bridgehead atoms. The van der Waals surface area contributed by atoms with E-state index < -0.39 is 11.6 Å². The largest absolute Gasteiger partial charge is 0.478 e. The first-order chi connectivity index (χ1) is 9.11. The summed E-state index contributed by atoms with van der Waals surface area (Å²) in [4.78, 5) is 10.9. The fourth-order valence-electron chi connectivity index (χ4n) is 2.64. The number of nitrogens with one attached hydrogen (secondary N) is 1. The Morgan fingerprint density at radius 2 is 2.00 bits per heavy atom. The quantitative estimate of drug-likeness (QED) is 0.712. The summed E-state index contributed by atoms with van der Waals surface area (Å²) in [7, 11) is 0. The molecule has 1 saturated carbocycles. The van der Waals surface area contributed by atoms with Crippen LogP contribution in [0, 0.1) is 0 Å². The number of rotatable bonds is 5. The van der Waals surface area contributed by atoms with Gasteiger partial charge in [-0.05, 0) is 18.9 Å². The van der Waals surface area contributed by atoms with E-state index in [0.717, 1.165) is 25.7 Å². The number of carboxylic acids is 1. The van der Waals surface area contributed by atoms with Gasteiger partial charge in [0, 0.05) is 6.54 Å². The Hall–Kier alpha value is -1.33. The molecule has 3 N–H and O–H groups in total. The van der Waals surface area contributed by atoms with E-state index in [1.54, 1.807) is 0 Å². The maximum Gasteiger partial charge on any atom is 0.339 e. The van der Waals surface area contributed by atoms with E-state index in [4.69, 9.17) is 9.52 Å². The van der Waals surface area contributed by atoms with Gasteiger partial charge in [0.2, 0.25) is 0 Å². The summed E-state index contributed by atoms with van der Waals surface area (Å²) in [6, 6.07) is 1.44. The summed E-state index contributed by atoms with van der Waals surface area (Å²) in [5.41, 5.74) is -0.479. The molecule has 106 valence electrons. The third-order valence-electron chi connectivity index (χ3n) is 3.75. The highest BCUT2D eigenvalue weighted by Gasteiger charge is 2.27. The highest BCUT2D eigenvalue weighted by Crippen LogP contribution is 2.26. The molecular weight excluding hydrogens is 246 g/mol. The number of carboxylic acid groups (broad SMARTS) is 1. The van der Waals surface area contributed by atoms with E-state index >= 15 is 0 Å². The maximum atomic E-state index is 10.9. The lowest BCUT2D eigenvalue weighted by atomic mass is 9.94. The van der Waals surface area contributed by atoms with Crippen molar-refractivity contribution in [1.82, 2.24) is 5.32 Å². The first-order valence-corrected chi connectivity index (χ1v) is 6.83. The van der Waals surface area contributed by atoms with E-state index in [1.807, 2.05) is 0 Å². The highest BCUT2D eigenvalue weighted by molar-refractivity contribution is 5.88. The van der Waals surface area contributed by atoms with Gasteiger partial charge in [-0.3, -0.25) is 0 Å². The molecule has 1 fully saturated rings. The molecule has 1 aromatic rings. The maximum absolute atomic E-state index is 10.9. The molecular formula is C14H21NO4. The Kier molecular flexibility index (Phi) is 4.61. The molecule has 1 aliphatic carbocycles. The Balaban J connectivity index is 1.85. The van der Waals surface area contributed by atoms with Crippen molar-refractivity contribution in [3.63, 3.8) is 0 Å². The van der Waals surface area contributed by atoms with Crippen LogP contribution in [-0.2, 0) is 6.54 Å². The van der Waals surface area contributed by atoms with Crippen LogP contribution in [0.3, 0.4) is 0 Å². The van der Waals surface area contributed by atoms with Crippen LogP contribution < -0.4 is 5.32 Å². The van der Waals surface area contributed by atoms with Crippen molar-refractivity contribution in [3.05, 3.63) is 23.7 Å². The van der Waals surface area contributed by atoms with Crippen molar-refractivity contribution in [2.24, 2.45) is 0 Å². The molecule has 1 heterocycles. The number of aliphatic hydroxyl groups is 1. The predicted octanol–water partition coefficient (Wildman–Crippen LogP) is 2.15. The zero-order valence-corrected chi connectivity index (χ0v) is 11.0. The summed E-state index contributed by atoms with van der Waals surface area (Å²) < 4.78 is 5.15. The summed E-state index contributed by atoms with van der Waals surface area (Å²) >= 11 is 0. The summed E-state index contributed by atoms with van der Waals surface area (Å²) in [5, 5.41) is 22.5. The van der Waals surface area contributed by atoms with Gasteiger partial charge in [0.05, 0.1) is 18.4 Å². The van der Waals surface area contributed by atoms with Gasteiger partial charge in [0.15, 0.2) is 0 Å². The van der Waals surface area contributed by atoms with Crippen molar-refractivity contribution in [1.29, 1.82) is 0 Å². The Bertz CT molecular complexity index is 419. The van der Waals surface area contributed by atoms with Gasteiger partial charge in [-0.15, -0.1) is 0 Å². The van der Waals surface area contributed by atoms with Crippen molar-refractivity contribution in [2.45, 2.75) is 50.7 Å². The van der Waals surface area contributed by atoms with Crippen molar-refractivity contribution < 1.29 is 19.4 Å². The van der Waals surface area contributed by atoms with Gasteiger partial charge in [-0.2, -0.15) is 0 Å². The van der Waals surface area contributed by atoms with Crippen LogP contribution in [0.25, 0.3) is 0 Å². The molecule has 5 heteroatoms. The normalized spacial score (nSPS) is 19.0. The second kappa shape index (κ2) is 6.21. The molecule has 1 aliphatic rings. The van der Waals surface area contributed by atoms with Gasteiger partial charge in [-0.25, -0.2) is 4.79 Å². The van der Waals surface area contributed by atoms with Crippen LogP contribution in [0.4, 0.5) is 0 Å². The first kappa shape index (κ1) is 14.1. The minimum atomic E-state index is -0.987. The van der Waals surface area contributed by atoms with Crippen LogP contribution in [0.5, 0.6) is 0 Å². The monoisotopic (exact) mass is 267 g/mol. The number of hydrogen-bond donors (Lipinski definition) is 3. The number of furan rings is 1. The van der Waals surface area contributed by atoms with Gasteiger partial charge < -0.3 is 19.9 Å². The zero-order valence-electron chi connectivity index (χ0n) is 11.0. The Labute approximate surface area is 112 Å². The molecule has 2 rings (SSSR count). The van der Waals surface area contributed by atoms with Crippen LogP contribution >= 0.6 is 0 Å². The van der Waals surface area contributed by atoms with Gasteiger partial charge >= 0.3 is 5.97 Å². The van der Waals surface area contributed by atoms with Gasteiger partial charge in [0.25, 0.3) is 0 Å². The van der Waals surface area contributed by atoms with Crippen molar-refractivity contribution in [3.8, 4) is 0 Å². The van der Waals surface area contributed by atoms with Crippen LogP contribution in [0.1, 0.15) is 54.6 Å². The first-order valence-electron chi connectivity index (χ1n) is 6.83. The Morgan fingerprint density at radius 1 is 1.32 bits per heavy atom. The van der Waals surface area contributed by atoms with E-state index in [2.05, 4.69) is 5.32 Å². The molecule has 0 spiro atoms. The summed E-state index contributed by atoms with van der Waals surface area (Å²) in [5.74, 6) is -0.580. The second-order valence-corrected chi connectivity index (χ2v) is 5.30. The second-order valence-electron chi connectivity index (χ2n) is 5.30. The topological polar surface area (TPSA) is 82.7 Å². The van der Waals surface area contributed by atoms with Gasteiger partial charge in [0.1, 0.15) is 11.3 Å². The fourth-order valence-corrected chi connectivity index (χ4v) is 2.64. The molecule has 0 radical (unpaired) electrons. The third kappa shape index (κ3) is 3.81. The molecule has 0 saturated heterocycles. The van der Waals surface area contributed by atoms with E-state index in [0.29, 0.717) is 18.8 Å². The molecule has 0 atom stereocenters. The molecule has 0 amide bonds. The van der Waals surface area contributed by atoms with E-state index in [-0.39, 0.29) is 5.56 Å². The highest BCUT2D eigenvalue weighted by atomic mass is 16.4. The predicted molar refractivity (Wildman–Crippen MR) is 70.0 cm³/mol. The number of carbonyl (C=O) groups is 1. The molecule has 1 aromatic heterocycles. The summed E-state index contributed by atoms with van der Waals surface area (Å²) in [6.45, 7) is 0.809. The summed E-state index contributed by atoms with van der Waals surface area (Å²) in [6.07, 6.45) is 7.47. The minimum Gasteiger partial charge on any atom is -0.478 e. The van der Waals surface area contributed by atoms with Crippen molar-refractivity contribution >= 4 is 5.97 Å². The van der Waals surface area contributed by atoms with Crippen LogP contribution in [0.2, 0.25) is 0 Å². The standard InChI is InChI=1S/C14H21NO4/c16-13(17)11-5-8-19-12(11)9-15-10-14(18)6-3-1-2-4-7-14/h5,8,15,18H,1-4,6-7,9-10H2,(H,16,17). The number of hydrogen-bond acceptors (Lipinski definition) is 4. The van der Waals surface area contributed by atoms with E-state index in [1.165, 1.54) is 25.2 Å². The average molecular weight is 267 g/mol. The lowest BCUT2D eigenvalue weighted by Crippen LogP contribution is -2.40. The molecule has 5 nitrogen and oxygen atoms in total. The Morgan fingerprint density at radius 3 is 2.63 bits per heavy atom. The molecule has 0 aromatic carbocycles. The molecule has 0 aliphatic heterocycles. The molecule has 0 unspecified atom stereocenters. The molecule has 19 heavy (non-hydrogen) atoms. The van der Waals surface area contributed by atoms with Crippen LogP contribution in [0.15, 0.2) is 16.7 Å². The zero-order chi connectivity index (χ0) is 13.7. The third-order valence-corrected chi connectivity index (χ3v) is 3.75.